The molecule has 1 heterocycles. The smallest absolute Gasteiger partial charge is 0.246 e. The number of carbonyl (C=O) groups is 1. The zero-order valence-corrected chi connectivity index (χ0v) is 16.3. The van der Waals surface area contributed by atoms with E-state index in [1.807, 2.05) is 67.6 Å². The number of carbonyl (C=O) groups excluding carboxylic acids is 1. The molecule has 2 N–H and O–H groups in total. The van der Waals surface area contributed by atoms with E-state index in [0.29, 0.717) is 0 Å². The minimum Gasteiger partial charge on any atom is -0.490 e. The van der Waals surface area contributed by atoms with Crippen molar-refractivity contribution in [3.63, 3.8) is 0 Å². The molecule has 28 heavy (non-hydrogen) atoms. The molecule has 6 heteroatoms. The predicted octanol–water partition coefficient (Wildman–Crippen LogP) is 3.13. The third-order valence-electron chi connectivity index (χ3n) is 4.55. The molecule has 0 spiro atoms. The molecule has 0 saturated carbocycles. The molecular formula is C22H28N4O2. The SMILES string of the molecule is CCNC(=NCC(=O)Nc1ccccc1)N1CCC(Oc2ccccc2)CC1. The van der Waals surface area contributed by atoms with E-state index < -0.39 is 0 Å². The number of guanidine groups is 1. The van der Waals surface area contributed by atoms with E-state index in [1.54, 1.807) is 0 Å². The Morgan fingerprint density at radius 1 is 1.07 bits per heavy atom. The van der Waals surface area contributed by atoms with Gasteiger partial charge in [-0.05, 0) is 31.2 Å². The van der Waals surface area contributed by atoms with Gasteiger partial charge < -0.3 is 20.3 Å². The zero-order chi connectivity index (χ0) is 19.6. The molecule has 0 bridgehead atoms. The Bertz CT molecular complexity index is 757. The highest BCUT2D eigenvalue weighted by Gasteiger charge is 2.22. The van der Waals surface area contributed by atoms with Gasteiger partial charge in [-0.25, -0.2) is 4.99 Å². The number of aliphatic imine (C=N–C) groups is 1. The lowest BCUT2D eigenvalue weighted by atomic mass is 10.1. The standard InChI is InChI=1S/C22H28N4O2/c1-2-23-22(24-17-21(27)25-18-9-5-3-6-10-18)26-15-13-20(14-16-26)28-19-11-7-4-8-12-19/h3-12,20H,2,13-17H2,1H3,(H,23,24)(H,25,27). The van der Waals surface area contributed by atoms with E-state index in [2.05, 4.69) is 20.5 Å². The predicted molar refractivity (Wildman–Crippen MR) is 113 cm³/mol. The summed E-state index contributed by atoms with van der Waals surface area (Å²) in [6, 6.07) is 19.4. The summed E-state index contributed by atoms with van der Waals surface area (Å²) in [5, 5.41) is 6.16. The van der Waals surface area contributed by atoms with Crippen LogP contribution in [0.4, 0.5) is 5.69 Å². The van der Waals surface area contributed by atoms with Gasteiger partial charge in [0.1, 0.15) is 18.4 Å². The van der Waals surface area contributed by atoms with E-state index in [4.69, 9.17) is 4.74 Å². The number of likely N-dealkylation sites (tertiary alicyclic amines) is 1. The summed E-state index contributed by atoms with van der Waals surface area (Å²) in [5.74, 6) is 1.58. The molecule has 3 rings (SSSR count). The number of ether oxygens (including phenoxy) is 1. The van der Waals surface area contributed by atoms with Gasteiger partial charge in [-0.15, -0.1) is 0 Å². The molecule has 1 aliphatic rings. The molecule has 1 amide bonds. The summed E-state index contributed by atoms with van der Waals surface area (Å²) in [6.45, 7) is 4.59. The lowest BCUT2D eigenvalue weighted by Crippen LogP contribution is -2.47. The average Bonchev–Trinajstić information content (AvgIpc) is 2.73. The van der Waals surface area contributed by atoms with Crippen LogP contribution in [-0.2, 0) is 4.79 Å². The van der Waals surface area contributed by atoms with Crippen molar-refractivity contribution < 1.29 is 9.53 Å². The molecule has 0 aromatic heterocycles. The first-order chi connectivity index (χ1) is 13.7. The van der Waals surface area contributed by atoms with E-state index in [9.17, 15) is 4.79 Å². The second-order valence-corrected chi connectivity index (χ2v) is 6.70. The third-order valence-corrected chi connectivity index (χ3v) is 4.55. The fourth-order valence-corrected chi connectivity index (χ4v) is 3.17. The van der Waals surface area contributed by atoms with Gasteiger partial charge in [-0.1, -0.05) is 36.4 Å². The van der Waals surface area contributed by atoms with Crippen molar-refractivity contribution in [2.45, 2.75) is 25.9 Å². The lowest BCUT2D eigenvalue weighted by molar-refractivity contribution is -0.114. The number of nitrogens with zero attached hydrogens (tertiary/aromatic N) is 2. The minimum absolute atomic E-state index is 0.0949. The van der Waals surface area contributed by atoms with Gasteiger partial charge in [0.15, 0.2) is 5.96 Å². The quantitative estimate of drug-likeness (QED) is 0.597. The Hall–Kier alpha value is -3.02. The maximum Gasteiger partial charge on any atom is 0.246 e. The van der Waals surface area contributed by atoms with Crippen molar-refractivity contribution >= 4 is 17.6 Å². The largest absolute Gasteiger partial charge is 0.490 e. The number of piperidine rings is 1. The first kappa shape index (κ1) is 19.7. The van der Waals surface area contributed by atoms with Crippen molar-refractivity contribution in [1.29, 1.82) is 0 Å². The van der Waals surface area contributed by atoms with Crippen molar-refractivity contribution in [3.8, 4) is 5.75 Å². The Labute approximate surface area is 166 Å². The van der Waals surface area contributed by atoms with E-state index in [1.165, 1.54) is 0 Å². The summed E-state index contributed by atoms with van der Waals surface area (Å²) in [6.07, 6.45) is 2.06. The third kappa shape index (κ3) is 6.01. The number of hydrogen-bond acceptors (Lipinski definition) is 3. The Kier molecular flexibility index (Phi) is 7.29. The molecule has 1 aliphatic heterocycles. The number of para-hydroxylation sites is 2. The molecule has 0 radical (unpaired) electrons. The summed E-state index contributed by atoms with van der Waals surface area (Å²) in [4.78, 5) is 18.9. The van der Waals surface area contributed by atoms with Crippen LogP contribution in [0.25, 0.3) is 0 Å². The maximum absolute atomic E-state index is 12.2. The highest BCUT2D eigenvalue weighted by Crippen LogP contribution is 2.18. The van der Waals surface area contributed by atoms with Crippen molar-refractivity contribution in [2.24, 2.45) is 4.99 Å². The fourth-order valence-electron chi connectivity index (χ4n) is 3.17. The first-order valence-electron chi connectivity index (χ1n) is 9.84. The van der Waals surface area contributed by atoms with Crippen molar-refractivity contribution in [2.75, 3.05) is 31.5 Å². The normalized spacial score (nSPS) is 15.2. The fraction of sp³-hybridized carbons (Fsp3) is 0.364. The van der Waals surface area contributed by atoms with Crippen LogP contribution >= 0.6 is 0 Å². The van der Waals surface area contributed by atoms with Gasteiger partial charge in [0.25, 0.3) is 0 Å². The van der Waals surface area contributed by atoms with Crippen LogP contribution in [0.5, 0.6) is 5.75 Å². The average molecular weight is 380 g/mol. The first-order valence-corrected chi connectivity index (χ1v) is 9.84. The van der Waals surface area contributed by atoms with Crippen LogP contribution < -0.4 is 15.4 Å². The van der Waals surface area contributed by atoms with Gasteiger partial charge in [0.05, 0.1) is 0 Å². The summed E-state index contributed by atoms with van der Waals surface area (Å²) in [5.41, 5.74) is 0.784. The molecule has 0 atom stereocenters. The lowest BCUT2D eigenvalue weighted by Gasteiger charge is -2.34. The van der Waals surface area contributed by atoms with Crippen LogP contribution in [0, 0.1) is 0 Å². The highest BCUT2D eigenvalue weighted by atomic mass is 16.5. The monoisotopic (exact) mass is 380 g/mol. The van der Waals surface area contributed by atoms with Crippen LogP contribution in [-0.4, -0.2) is 49.0 Å². The van der Waals surface area contributed by atoms with Gasteiger partial charge in [0.2, 0.25) is 5.91 Å². The van der Waals surface area contributed by atoms with Crippen molar-refractivity contribution in [3.05, 3.63) is 60.7 Å². The number of rotatable bonds is 6. The summed E-state index contributed by atoms with van der Waals surface area (Å²) >= 11 is 0. The number of hydrogen-bond donors (Lipinski definition) is 2. The number of benzene rings is 2. The molecule has 1 saturated heterocycles. The number of anilines is 1. The van der Waals surface area contributed by atoms with E-state index >= 15 is 0 Å². The molecule has 6 nitrogen and oxygen atoms in total. The molecular weight excluding hydrogens is 352 g/mol. The zero-order valence-electron chi connectivity index (χ0n) is 16.3. The van der Waals surface area contributed by atoms with Gasteiger partial charge in [-0.2, -0.15) is 0 Å². The molecule has 148 valence electrons. The maximum atomic E-state index is 12.2. The van der Waals surface area contributed by atoms with E-state index in [-0.39, 0.29) is 18.6 Å². The van der Waals surface area contributed by atoms with Gasteiger partial charge in [-0.3, -0.25) is 4.79 Å². The van der Waals surface area contributed by atoms with Gasteiger partial charge >= 0.3 is 0 Å². The summed E-state index contributed by atoms with van der Waals surface area (Å²) < 4.78 is 6.06. The highest BCUT2D eigenvalue weighted by molar-refractivity contribution is 5.94. The van der Waals surface area contributed by atoms with Crippen LogP contribution in [0.2, 0.25) is 0 Å². The Balaban J connectivity index is 1.51. The van der Waals surface area contributed by atoms with Crippen LogP contribution in [0.3, 0.4) is 0 Å². The Morgan fingerprint density at radius 2 is 1.71 bits per heavy atom. The van der Waals surface area contributed by atoms with Crippen LogP contribution in [0.1, 0.15) is 19.8 Å². The van der Waals surface area contributed by atoms with E-state index in [0.717, 1.165) is 49.9 Å². The topological polar surface area (TPSA) is 66.0 Å². The molecule has 0 unspecified atom stereocenters. The molecule has 2 aromatic carbocycles. The molecule has 0 aliphatic carbocycles. The molecule has 2 aromatic rings. The van der Waals surface area contributed by atoms with Crippen molar-refractivity contribution in [1.82, 2.24) is 10.2 Å². The van der Waals surface area contributed by atoms with Crippen LogP contribution in [0.15, 0.2) is 65.7 Å². The number of amides is 1. The number of nitrogens with one attached hydrogen (secondary N) is 2. The minimum atomic E-state index is -0.121. The Morgan fingerprint density at radius 3 is 2.36 bits per heavy atom. The van der Waals surface area contributed by atoms with Gasteiger partial charge in [0, 0.05) is 38.2 Å². The molecule has 1 fully saturated rings. The summed E-state index contributed by atoms with van der Waals surface area (Å²) in [7, 11) is 0. The second-order valence-electron chi connectivity index (χ2n) is 6.70. The second kappa shape index (κ2) is 10.3.